The summed E-state index contributed by atoms with van der Waals surface area (Å²) in [6.07, 6.45) is 12.5. The number of aromatic nitrogens is 1. The van der Waals surface area contributed by atoms with Crippen LogP contribution in [-0.2, 0) is 36.7 Å². The molecule has 8 aliphatic carbocycles. The van der Waals surface area contributed by atoms with Crippen LogP contribution < -0.4 is 10.2 Å². The first-order valence-electron chi connectivity index (χ1n) is 22.4. The molecule has 0 saturated heterocycles. The van der Waals surface area contributed by atoms with E-state index in [2.05, 4.69) is 41.5 Å². The molecule has 1 aromatic heterocycles. The molecule has 0 atom stereocenters. The molecule has 8 fully saturated rings. The first kappa shape index (κ1) is 45.9. The number of rotatable bonds is 6. The molecular weight excluding hydrogens is 947 g/mol. The average Bonchev–Trinajstić information content (AvgIpc) is 3.12. The van der Waals surface area contributed by atoms with Crippen LogP contribution in [0.5, 0.6) is 11.5 Å². The van der Waals surface area contributed by atoms with E-state index in [0.29, 0.717) is 44.8 Å². The van der Waals surface area contributed by atoms with Crippen LogP contribution in [0.15, 0.2) is 91.0 Å². The molecule has 3 nitrogen and oxygen atoms in total. The number of halogens is 2. The SMILES string of the molecule is CC12CC3(C)CC(C)(C1)CC(c1cc(F)cc(-c4ccccc4-c4cccc(-c5ccccc5-c5cc(F)cc(C67CC8(C)CC(C)(CC(C)(C8)C6)C7)c5[O-])n4)c1[O-])(C2)C3.[CH3-].[CH3-].[Hf+4]. The van der Waals surface area contributed by atoms with Crippen LogP contribution in [0.2, 0.25) is 0 Å². The third kappa shape index (κ3) is 7.21. The van der Waals surface area contributed by atoms with Gasteiger partial charge in [-0.2, -0.15) is 0 Å². The van der Waals surface area contributed by atoms with Crippen LogP contribution in [0.4, 0.5) is 8.78 Å². The first-order chi connectivity index (χ1) is 28.2. The molecule has 0 N–H and O–H groups in total. The minimum absolute atomic E-state index is 0. The molecule has 0 amide bonds. The summed E-state index contributed by atoms with van der Waals surface area (Å²) in [6, 6.07) is 27.1. The number of hydrogen-bond donors (Lipinski definition) is 0. The van der Waals surface area contributed by atoms with Crippen LogP contribution in [0.1, 0.15) is 130 Å². The predicted octanol–water partition coefficient (Wildman–Crippen LogP) is 14.3. The zero-order valence-electron chi connectivity index (χ0n) is 38.7. The fraction of sp³-hybridized carbons (Fsp3) is 0.456. The van der Waals surface area contributed by atoms with Crippen molar-refractivity contribution in [2.24, 2.45) is 32.5 Å². The van der Waals surface area contributed by atoms with Crippen molar-refractivity contribution in [3.63, 3.8) is 0 Å². The van der Waals surface area contributed by atoms with Crippen molar-refractivity contribution in [3.05, 3.63) is 129 Å². The van der Waals surface area contributed by atoms with Gasteiger partial charge >= 0.3 is 25.8 Å². The molecule has 8 aliphatic rings. The molecule has 8 saturated carbocycles. The van der Waals surface area contributed by atoms with Gasteiger partial charge in [-0.3, -0.25) is 0 Å². The Morgan fingerprint density at radius 2 is 0.683 bits per heavy atom. The van der Waals surface area contributed by atoms with Gasteiger partial charge in [0.25, 0.3) is 0 Å². The van der Waals surface area contributed by atoms with Gasteiger partial charge in [0.15, 0.2) is 0 Å². The largest absolute Gasteiger partial charge is 4.00 e. The topological polar surface area (TPSA) is 59.0 Å². The molecule has 1 heterocycles. The van der Waals surface area contributed by atoms with Crippen molar-refractivity contribution in [1.82, 2.24) is 4.98 Å². The number of benzene rings is 4. The molecule has 326 valence electrons. The Kier molecular flexibility index (Phi) is 10.7. The van der Waals surface area contributed by atoms with Crippen LogP contribution in [-0.4, -0.2) is 4.98 Å². The second-order valence-electron chi connectivity index (χ2n) is 23.7. The molecule has 5 aromatic rings. The van der Waals surface area contributed by atoms with Gasteiger partial charge in [0.1, 0.15) is 11.6 Å². The summed E-state index contributed by atoms with van der Waals surface area (Å²) >= 11 is 0. The predicted molar refractivity (Wildman–Crippen MR) is 245 cm³/mol. The number of hydrogen-bond acceptors (Lipinski definition) is 3. The normalized spacial score (nSPS) is 35.4. The van der Waals surface area contributed by atoms with Gasteiger partial charge in [0, 0.05) is 11.1 Å². The van der Waals surface area contributed by atoms with E-state index in [4.69, 9.17) is 4.98 Å². The van der Waals surface area contributed by atoms with E-state index in [9.17, 15) is 10.2 Å². The van der Waals surface area contributed by atoms with Crippen molar-refractivity contribution in [1.29, 1.82) is 0 Å². The van der Waals surface area contributed by atoms with Gasteiger partial charge in [-0.25, -0.2) is 13.8 Å². The minimum atomic E-state index is -0.380. The summed E-state index contributed by atoms with van der Waals surface area (Å²) in [7, 11) is 0. The van der Waals surface area contributed by atoms with E-state index in [0.717, 1.165) is 88.2 Å². The Labute approximate surface area is 394 Å². The van der Waals surface area contributed by atoms with Gasteiger partial charge in [-0.1, -0.05) is 108 Å². The van der Waals surface area contributed by atoms with Crippen molar-refractivity contribution >= 4 is 0 Å². The molecule has 0 spiro atoms. The molecule has 13 rings (SSSR count). The van der Waals surface area contributed by atoms with Gasteiger partial charge < -0.3 is 25.1 Å². The Morgan fingerprint density at radius 1 is 0.397 bits per heavy atom. The summed E-state index contributed by atoms with van der Waals surface area (Å²) in [4.78, 5) is 5.21. The number of pyridine rings is 1. The molecule has 0 aliphatic heterocycles. The first-order valence-corrected chi connectivity index (χ1v) is 22.4. The Balaban J connectivity index is 0.00000181. The Hall–Kier alpha value is -3.64. The summed E-state index contributed by atoms with van der Waals surface area (Å²) in [5.74, 6) is -0.919. The van der Waals surface area contributed by atoms with Gasteiger partial charge in [0.05, 0.1) is 11.4 Å². The van der Waals surface area contributed by atoms with Crippen LogP contribution in [0.3, 0.4) is 0 Å². The zero-order chi connectivity index (χ0) is 41.9. The van der Waals surface area contributed by atoms with Crippen molar-refractivity contribution < 1.29 is 44.8 Å². The van der Waals surface area contributed by atoms with E-state index in [1.807, 2.05) is 66.7 Å². The standard InChI is InChI=1S/C55H59F2NO2.2CH3.Hf/c1-48-22-49(2)24-50(3,23-48)30-54(28-48,29-49)42-20-34(56)18-40(46(42)59)36-12-7-9-14-38(36)44-16-11-17-45(58-44)39-15-10-8-13-37(39)41-19-35(57)21-43(47(41)60)55-31-51(4)25-52(5,32-55)27-53(6,26-51)33-55;;;/h7-21,59-60H,22-33H2,1-6H3;2*1H3;/q;2*-1;+4/p-2. The van der Waals surface area contributed by atoms with Gasteiger partial charge in [-0.15, -0.1) is 0 Å². The fourth-order valence-electron chi connectivity index (χ4n) is 18.1. The molecule has 0 radical (unpaired) electrons. The maximum atomic E-state index is 16.0. The maximum Gasteiger partial charge on any atom is 4.00 e. The zero-order valence-corrected chi connectivity index (χ0v) is 42.3. The monoisotopic (exact) mass is 1010 g/mol. The molecular formula is C57H63F2HfNO2. The molecule has 4 aromatic carbocycles. The Morgan fingerprint density at radius 3 is 0.984 bits per heavy atom. The van der Waals surface area contributed by atoms with E-state index >= 15 is 8.78 Å². The van der Waals surface area contributed by atoms with E-state index in [1.165, 1.54) is 12.1 Å². The van der Waals surface area contributed by atoms with E-state index < -0.39 is 0 Å². The van der Waals surface area contributed by atoms with E-state index in [1.54, 1.807) is 12.1 Å². The summed E-state index contributed by atoms with van der Waals surface area (Å²) in [5.41, 5.74) is 6.19. The second kappa shape index (κ2) is 14.7. The average molecular weight is 1010 g/mol. The third-order valence-corrected chi connectivity index (χ3v) is 16.7. The molecule has 0 unspecified atom stereocenters. The molecule has 8 bridgehead atoms. The smallest absolute Gasteiger partial charge is 0.872 e. The molecule has 63 heavy (non-hydrogen) atoms. The number of nitrogens with zero attached hydrogens (tertiary/aromatic N) is 1. The Bertz CT molecular complexity index is 2370. The summed E-state index contributed by atoms with van der Waals surface area (Å²) < 4.78 is 32.1. The van der Waals surface area contributed by atoms with Crippen LogP contribution in [0.25, 0.3) is 44.8 Å². The maximum absolute atomic E-state index is 16.0. The minimum Gasteiger partial charge on any atom is -0.872 e. The van der Waals surface area contributed by atoms with Crippen molar-refractivity contribution in [2.45, 2.75) is 129 Å². The van der Waals surface area contributed by atoms with Crippen molar-refractivity contribution in [2.75, 3.05) is 0 Å². The fourth-order valence-corrected chi connectivity index (χ4v) is 18.1. The summed E-state index contributed by atoms with van der Waals surface area (Å²) in [5, 5.41) is 29.8. The van der Waals surface area contributed by atoms with Gasteiger partial charge in [0.2, 0.25) is 0 Å². The summed E-state index contributed by atoms with van der Waals surface area (Å²) in [6.45, 7) is 14.3. The third-order valence-electron chi connectivity index (χ3n) is 16.7. The van der Waals surface area contributed by atoms with Crippen LogP contribution >= 0.6 is 0 Å². The van der Waals surface area contributed by atoms with E-state index in [-0.39, 0.29) is 107 Å². The van der Waals surface area contributed by atoms with Crippen LogP contribution in [0, 0.1) is 59.0 Å². The molecule has 6 heteroatoms. The van der Waals surface area contributed by atoms with Crippen molar-refractivity contribution in [3.8, 4) is 56.3 Å². The van der Waals surface area contributed by atoms with Gasteiger partial charge in [-0.05, 0) is 190 Å². The quantitative estimate of drug-likeness (QED) is 0.126. The second-order valence-corrected chi connectivity index (χ2v) is 23.7.